The summed E-state index contributed by atoms with van der Waals surface area (Å²) in [6, 6.07) is 21.7. The smallest absolute Gasteiger partial charge is 0.308 e. The minimum Gasteiger partial charge on any atom is -0.308 e. The van der Waals surface area contributed by atoms with E-state index in [4.69, 9.17) is 0 Å². The number of rotatable bonds is 5. The topological polar surface area (TPSA) is 83.1 Å². The number of aromatic nitrogens is 1. The van der Waals surface area contributed by atoms with Gasteiger partial charge in [-0.05, 0) is 54.8 Å². The zero-order valence-corrected chi connectivity index (χ0v) is 17.6. The fourth-order valence-corrected chi connectivity index (χ4v) is 4.11. The van der Waals surface area contributed by atoms with Gasteiger partial charge in [-0.25, -0.2) is 9.78 Å². The number of hydrogen-bond donors (Lipinski definition) is 3. The minimum atomic E-state index is -0.333. The third-order valence-corrected chi connectivity index (χ3v) is 5.91. The molecule has 8 heteroatoms. The molecule has 0 aliphatic carbocycles. The van der Waals surface area contributed by atoms with Gasteiger partial charge in [0.05, 0.1) is 10.2 Å². The highest BCUT2D eigenvalue weighted by Gasteiger charge is 2.11. The number of hydrogen-bond acceptors (Lipinski definition) is 5. The molecule has 0 aliphatic heterocycles. The second-order valence-electron chi connectivity index (χ2n) is 6.33. The lowest BCUT2D eigenvalue weighted by atomic mass is 10.2. The summed E-state index contributed by atoms with van der Waals surface area (Å²) in [6.45, 7) is 0. The first kappa shape index (κ1) is 19.9. The quantitative estimate of drug-likeness (QED) is 0.341. The average Bonchev–Trinajstić information content (AvgIpc) is 3.15. The van der Waals surface area contributed by atoms with Crippen molar-refractivity contribution in [3.8, 4) is 0 Å². The molecule has 4 rings (SSSR count). The SMILES string of the molecule is CSc1cccc(NC(=O)Nc2ccc3sc(NC(=O)c4ccccc4)nc3c2)c1. The molecule has 0 saturated carbocycles. The zero-order chi connectivity index (χ0) is 20.9. The van der Waals surface area contributed by atoms with Crippen LogP contribution in [0.1, 0.15) is 10.4 Å². The second-order valence-corrected chi connectivity index (χ2v) is 8.24. The number of nitrogens with one attached hydrogen (secondary N) is 3. The van der Waals surface area contributed by atoms with Crippen LogP contribution >= 0.6 is 23.1 Å². The molecule has 30 heavy (non-hydrogen) atoms. The summed E-state index contributed by atoms with van der Waals surface area (Å²) in [5.41, 5.74) is 2.61. The normalized spacial score (nSPS) is 10.6. The lowest BCUT2D eigenvalue weighted by molar-refractivity contribution is 0.102. The molecule has 3 amide bonds. The van der Waals surface area contributed by atoms with Gasteiger partial charge in [-0.2, -0.15) is 0 Å². The Kier molecular flexibility index (Phi) is 5.97. The van der Waals surface area contributed by atoms with Crippen LogP contribution in [0.3, 0.4) is 0 Å². The Labute approximate surface area is 181 Å². The van der Waals surface area contributed by atoms with Gasteiger partial charge in [0, 0.05) is 21.8 Å². The van der Waals surface area contributed by atoms with Gasteiger partial charge in [-0.3, -0.25) is 10.1 Å². The molecule has 1 aromatic heterocycles. The number of urea groups is 1. The first-order chi connectivity index (χ1) is 14.6. The molecule has 0 aliphatic rings. The maximum atomic E-state index is 12.3. The summed E-state index contributed by atoms with van der Waals surface area (Å²) in [4.78, 5) is 30.2. The Balaban J connectivity index is 1.44. The van der Waals surface area contributed by atoms with Crippen molar-refractivity contribution in [1.82, 2.24) is 4.98 Å². The summed E-state index contributed by atoms with van der Waals surface area (Å²) in [7, 11) is 0. The molecule has 4 aromatic rings. The summed E-state index contributed by atoms with van der Waals surface area (Å²) >= 11 is 2.99. The molecule has 1 heterocycles. The molecule has 0 fully saturated rings. The van der Waals surface area contributed by atoms with Crippen LogP contribution in [0.4, 0.5) is 21.3 Å². The van der Waals surface area contributed by atoms with Gasteiger partial charge in [0.15, 0.2) is 5.13 Å². The van der Waals surface area contributed by atoms with Gasteiger partial charge in [-0.1, -0.05) is 35.6 Å². The van der Waals surface area contributed by atoms with Gasteiger partial charge < -0.3 is 10.6 Å². The molecule has 0 radical (unpaired) electrons. The number of thiazole rings is 1. The molecular formula is C22H18N4O2S2. The highest BCUT2D eigenvalue weighted by Crippen LogP contribution is 2.28. The predicted molar refractivity (Wildman–Crippen MR) is 125 cm³/mol. The first-order valence-electron chi connectivity index (χ1n) is 9.10. The molecule has 0 unspecified atom stereocenters. The van der Waals surface area contributed by atoms with E-state index in [9.17, 15) is 9.59 Å². The molecule has 0 bridgehead atoms. The number of anilines is 3. The van der Waals surface area contributed by atoms with Crippen molar-refractivity contribution < 1.29 is 9.59 Å². The highest BCUT2D eigenvalue weighted by molar-refractivity contribution is 7.98. The third kappa shape index (κ3) is 4.79. The fraction of sp³-hybridized carbons (Fsp3) is 0.0455. The maximum Gasteiger partial charge on any atom is 0.323 e. The highest BCUT2D eigenvalue weighted by atomic mass is 32.2. The Morgan fingerprint density at radius 1 is 0.867 bits per heavy atom. The Morgan fingerprint density at radius 2 is 1.63 bits per heavy atom. The monoisotopic (exact) mass is 434 g/mol. The standard InChI is InChI=1S/C22H18N4O2S2/c1-29-17-9-5-8-15(12-17)23-21(28)24-16-10-11-19-18(13-16)25-22(30-19)26-20(27)14-6-3-2-4-7-14/h2-13H,1H3,(H2,23,24,28)(H,25,26,27). The van der Waals surface area contributed by atoms with E-state index >= 15 is 0 Å². The van der Waals surface area contributed by atoms with E-state index in [0.29, 0.717) is 21.9 Å². The van der Waals surface area contributed by atoms with Crippen molar-refractivity contribution in [2.24, 2.45) is 0 Å². The molecule has 150 valence electrons. The number of amides is 3. The van der Waals surface area contributed by atoms with Crippen molar-refractivity contribution in [2.45, 2.75) is 4.90 Å². The summed E-state index contributed by atoms with van der Waals surface area (Å²) in [5.74, 6) is -0.208. The fourth-order valence-electron chi connectivity index (χ4n) is 2.81. The number of nitrogens with zero attached hydrogens (tertiary/aromatic N) is 1. The molecule has 6 nitrogen and oxygen atoms in total. The van der Waals surface area contributed by atoms with Crippen LogP contribution < -0.4 is 16.0 Å². The zero-order valence-electron chi connectivity index (χ0n) is 16.0. The average molecular weight is 435 g/mol. The molecule has 3 aromatic carbocycles. The number of fused-ring (bicyclic) bond motifs is 1. The van der Waals surface area contributed by atoms with Crippen molar-refractivity contribution in [3.63, 3.8) is 0 Å². The summed E-state index contributed by atoms with van der Waals surface area (Å²) in [5, 5.41) is 8.97. The van der Waals surface area contributed by atoms with Crippen LogP contribution in [0, 0.1) is 0 Å². The Morgan fingerprint density at radius 3 is 2.40 bits per heavy atom. The number of carbonyl (C=O) groups is 2. The van der Waals surface area contributed by atoms with Gasteiger partial charge in [-0.15, -0.1) is 11.8 Å². The predicted octanol–water partition coefficient (Wildman–Crippen LogP) is 5.91. The van der Waals surface area contributed by atoms with E-state index in [1.807, 2.05) is 54.8 Å². The number of thioether (sulfide) groups is 1. The van der Waals surface area contributed by atoms with E-state index in [2.05, 4.69) is 20.9 Å². The Bertz CT molecular complexity index is 1210. The lowest BCUT2D eigenvalue weighted by Gasteiger charge is -2.08. The van der Waals surface area contributed by atoms with Crippen LogP contribution in [0.5, 0.6) is 0 Å². The summed E-state index contributed by atoms with van der Waals surface area (Å²) in [6.07, 6.45) is 1.98. The molecule has 0 atom stereocenters. The van der Waals surface area contributed by atoms with Gasteiger partial charge in [0.1, 0.15) is 0 Å². The second kappa shape index (κ2) is 8.98. The Hall–Kier alpha value is -3.36. The lowest BCUT2D eigenvalue weighted by Crippen LogP contribution is -2.19. The van der Waals surface area contributed by atoms with Crippen LogP contribution in [0.2, 0.25) is 0 Å². The molecule has 0 saturated heterocycles. The number of carbonyl (C=O) groups excluding carboxylic acids is 2. The van der Waals surface area contributed by atoms with E-state index < -0.39 is 0 Å². The van der Waals surface area contributed by atoms with Crippen molar-refractivity contribution in [3.05, 3.63) is 78.4 Å². The molecule has 0 spiro atoms. The summed E-state index contributed by atoms with van der Waals surface area (Å²) < 4.78 is 0.914. The van der Waals surface area contributed by atoms with E-state index in [1.54, 1.807) is 36.0 Å². The van der Waals surface area contributed by atoms with E-state index in [0.717, 1.165) is 15.3 Å². The van der Waals surface area contributed by atoms with Crippen LogP contribution in [-0.2, 0) is 0 Å². The van der Waals surface area contributed by atoms with Crippen molar-refractivity contribution in [1.29, 1.82) is 0 Å². The maximum absolute atomic E-state index is 12.3. The van der Waals surface area contributed by atoms with E-state index in [1.165, 1.54) is 11.3 Å². The van der Waals surface area contributed by atoms with Crippen LogP contribution in [0.15, 0.2) is 77.7 Å². The molecule has 3 N–H and O–H groups in total. The van der Waals surface area contributed by atoms with Crippen LogP contribution in [-0.4, -0.2) is 23.2 Å². The van der Waals surface area contributed by atoms with E-state index in [-0.39, 0.29) is 11.9 Å². The minimum absolute atomic E-state index is 0.208. The van der Waals surface area contributed by atoms with Gasteiger partial charge in [0.2, 0.25) is 0 Å². The van der Waals surface area contributed by atoms with Crippen LogP contribution in [0.25, 0.3) is 10.2 Å². The largest absolute Gasteiger partial charge is 0.323 e. The molecular weight excluding hydrogens is 416 g/mol. The van der Waals surface area contributed by atoms with Crippen molar-refractivity contribution >= 4 is 61.8 Å². The first-order valence-corrected chi connectivity index (χ1v) is 11.1. The van der Waals surface area contributed by atoms with Crippen molar-refractivity contribution in [2.75, 3.05) is 22.2 Å². The third-order valence-electron chi connectivity index (χ3n) is 4.23. The number of benzene rings is 3. The van der Waals surface area contributed by atoms with Gasteiger partial charge in [0.25, 0.3) is 5.91 Å². The van der Waals surface area contributed by atoms with Gasteiger partial charge >= 0.3 is 6.03 Å².